The van der Waals surface area contributed by atoms with Crippen LogP contribution in [0.5, 0.6) is 0 Å². The van der Waals surface area contributed by atoms with Crippen molar-refractivity contribution in [2.24, 2.45) is 0 Å². The van der Waals surface area contributed by atoms with E-state index in [9.17, 15) is 31.1 Å². The van der Waals surface area contributed by atoms with Crippen LogP contribution in [0.1, 0.15) is 15.9 Å². The molecule has 2 aromatic rings. The largest absolute Gasteiger partial charge is 0.416 e. The third-order valence-electron chi connectivity index (χ3n) is 2.72. The molecule has 0 bridgehead atoms. The number of benzene rings is 2. The van der Waals surface area contributed by atoms with E-state index in [0.717, 1.165) is 12.1 Å². The number of amides is 1. The van der Waals surface area contributed by atoms with Gasteiger partial charge in [-0.05, 0) is 30.3 Å². The molecule has 1 amide bonds. The summed E-state index contributed by atoms with van der Waals surface area (Å²) in [4.78, 5) is 11.8. The molecule has 8 heteroatoms. The maximum atomic E-state index is 13.5. The highest BCUT2D eigenvalue weighted by molar-refractivity contribution is 6.04. The molecule has 0 saturated carbocycles. The van der Waals surface area contributed by atoms with Gasteiger partial charge in [0, 0.05) is 6.07 Å². The summed E-state index contributed by atoms with van der Waals surface area (Å²) in [7, 11) is 0. The minimum atomic E-state index is -4.76. The van der Waals surface area contributed by atoms with E-state index in [-0.39, 0.29) is 0 Å². The molecule has 0 aromatic heterocycles. The van der Waals surface area contributed by atoms with Crippen molar-refractivity contribution < 1.29 is 31.1 Å². The molecular weight excluding hydrogens is 312 g/mol. The number of alkyl halides is 3. The minimum absolute atomic E-state index is 0.312. The fraction of sp³-hybridized carbons (Fsp3) is 0.0714. The second-order valence-corrected chi connectivity index (χ2v) is 4.27. The first-order valence-electron chi connectivity index (χ1n) is 5.81. The fourth-order valence-electron chi connectivity index (χ4n) is 1.66. The lowest BCUT2D eigenvalue weighted by molar-refractivity contribution is -0.137. The van der Waals surface area contributed by atoms with Crippen molar-refractivity contribution in [3.8, 4) is 0 Å². The van der Waals surface area contributed by atoms with Crippen molar-refractivity contribution in [3.63, 3.8) is 0 Å². The predicted molar refractivity (Wildman–Crippen MR) is 65.7 cm³/mol. The maximum Gasteiger partial charge on any atom is 0.416 e. The molecule has 0 atom stereocenters. The SMILES string of the molecule is O=C(Nc1ccc(F)cc1F)c1cc(C(F)(F)F)ccc1F. The lowest BCUT2D eigenvalue weighted by Gasteiger charge is -2.10. The Balaban J connectivity index is 2.33. The van der Waals surface area contributed by atoms with Gasteiger partial charge in [-0.15, -0.1) is 0 Å². The number of nitrogens with one attached hydrogen (secondary N) is 1. The minimum Gasteiger partial charge on any atom is -0.319 e. The third kappa shape index (κ3) is 3.38. The number of anilines is 1. The van der Waals surface area contributed by atoms with Gasteiger partial charge < -0.3 is 5.32 Å². The van der Waals surface area contributed by atoms with Gasteiger partial charge in [0.15, 0.2) is 0 Å². The van der Waals surface area contributed by atoms with Crippen LogP contribution in [0.3, 0.4) is 0 Å². The van der Waals surface area contributed by atoms with Crippen LogP contribution in [-0.2, 0) is 6.18 Å². The third-order valence-corrected chi connectivity index (χ3v) is 2.72. The summed E-state index contributed by atoms with van der Waals surface area (Å²) >= 11 is 0. The number of carbonyl (C=O) groups excluding carboxylic acids is 1. The smallest absolute Gasteiger partial charge is 0.319 e. The molecule has 0 aliphatic carbocycles. The van der Waals surface area contributed by atoms with E-state index in [1.54, 1.807) is 0 Å². The lowest BCUT2D eigenvalue weighted by atomic mass is 10.1. The molecule has 0 unspecified atom stereocenters. The van der Waals surface area contributed by atoms with Gasteiger partial charge in [-0.25, -0.2) is 13.2 Å². The molecule has 0 spiro atoms. The Morgan fingerprint density at radius 3 is 2.18 bits per heavy atom. The average molecular weight is 319 g/mol. The number of hydrogen-bond acceptors (Lipinski definition) is 1. The molecule has 1 N–H and O–H groups in total. The van der Waals surface area contributed by atoms with Crippen molar-refractivity contribution in [2.75, 3.05) is 5.32 Å². The van der Waals surface area contributed by atoms with Gasteiger partial charge in [0.05, 0.1) is 16.8 Å². The first kappa shape index (κ1) is 15.9. The van der Waals surface area contributed by atoms with Crippen molar-refractivity contribution >= 4 is 11.6 Å². The van der Waals surface area contributed by atoms with Gasteiger partial charge in [0.25, 0.3) is 5.91 Å². The summed E-state index contributed by atoms with van der Waals surface area (Å²) in [6, 6.07) is 3.45. The first-order valence-corrected chi connectivity index (χ1v) is 5.81. The Bertz CT molecular complexity index is 726. The number of hydrogen-bond donors (Lipinski definition) is 1. The van der Waals surface area contributed by atoms with Crippen molar-refractivity contribution in [2.45, 2.75) is 6.18 Å². The summed E-state index contributed by atoms with van der Waals surface area (Å²) in [5.74, 6) is -4.52. The van der Waals surface area contributed by atoms with Crippen LogP contribution in [0.4, 0.5) is 32.0 Å². The second-order valence-electron chi connectivity index (χ2n) is 4.27. The second kappa shape index (κ2) is 5.70. The molecule has 0 aliphatic heterocycles. The lowest BCUT2D eigenvalue weighted by Crippen LogP contribution is -2.16. The van der Waals surface area contributed by atoms with E-state index in [1.807, 2.05) is 5.32 Å². The van der Waals surface area contributed by atoms with E-state index in [4.69, 9.17) is 0 Å². The zero-order valence-electron chi connectivity index (χ0n) is 10.6. The number of halogens is 6. The van der Waals surface area contributed by atoms with Crippen LogP contribution in [0.15, 0.2) is 36.4 Å². The van der Waals surface area contributed by atoms with Crippen molar-refractivity contribution in [1.82, 2.24) is 0 Å². The van der Waals surface area contributed by atoms with Crippen LogP contribution >= 0.6 is 0 Å². The molecule has 0 aliphatic rings. The molecule has 2 nitrogen and oxygen atoms in total. The van der Waals surface area contributed by atoms with Crippen LogP contribution in [0, 0.1) is 17.5 Å². The van der Waals surface area contributed by atoms with E-state index in [2.05, 4.69) is 0 Å². The first-order chi connectivity index (χ1) is 10.2. The zero-order chi connectivity index (χ0) is 16.5. The van der Waals surface area contributed by atoms with Crippen LogP contribution < -0.4 is 5.32 Å². The zero-order valence-corrected chi connectivity index (χ0v) is 10.6. The van der Waals surface area contributed by atoms with E-state index in [0.29, 0.717) is 24.3 Å². The summed E-state index contributed by atoms with van der Waals surface area (Å²) in [6.07, 6.45) is -4.76. The van der Waals surface area contributed by atoms with E-state index < -0.39 is 46.3 Å². The molecule has 0 saturated heterocycles. The topological polar surface area (TPSA) is 29.1 Å². The van der Waals surface area contributed by atoms with Crippen LogP contribution in [-0.4, -0.2) is 5.91 Å². The Labute approximate surface area is 120 Å². The van der Waals surface area contributed by atoms with Gasteiger partial charge in [-0.3, -0.25) is 4.79 Å². The molecule has 0 radical (unpaired) electrons. The summed E-state index contributed by atoms with van der Waals surface area (Å²) in [5.41, 5.74) is -2.61. The highest BCUT2D eigenvalue weighted by Gasteiger charge is 2.32. The van der Waals surface area contributed by atoms with E-state index in [1.165, 1.54) is 0 Å². The molecule has 22 heavy (non-hydrogen) atoms. The molecule has 116 valence electrons. The maximum absolute atomic E-state index is 13.5. The Morgan fingerprint density at radius 2 is 1.59 bits per heavy atom. The predicted octanol–water partition coefficient (Wildman–Crippen LogP) is 4.38. The number of carbonyl (C=O) groups is 1. The normalized spacial score (nSPS) is 11.4. The monoisotopic (exact) mass is 319 g/mol. The summed E-state index contributed by atoms with van der Waals surface area (Å²) in [5, 5.41) is 1.89. The molecule has 0 heterocycles. The van der Waals surface area contributed by atoms with Crippen molar-refractivity contribution in [1.29, 1.82) is 0 Å². The summed E-state index contributed by atoms with van der Waals surface area (Å²) in [6.45, 7) is 0. The van der Waals surface area contributed by atoms with Gasteiger partial charge >= 0.3 is 6.18 Å². The standard InChI is InChI=1S/C14H7F6NO/c15-8-2-4-12(11(17)6-8)21-13(22)9-5-7(14(18,19)20)1-3-10(9)16/h1-6H,(H,21,22). The van der Waals surface area contributed by atoms with Crippen molar-refractivity contribution in [3.05, 3.63) is 65.0 Å². The number of rotatable bonds is 2. The Morgan fingerprint density at radius 1 is 0.909 bits per heavy atom. The Kier molecular flexibility index (Phi) is 4.11. The van der Waals surface area contributed by atoms with Gasteiger partial charge in [0.1, 0.15) is 17.5 Å². The Hall–Kier alpha value is -2.51. The highest BCUT2D eigenvalue weighted by atomic mass is 19.4. The molecular formula is C14H7F6NO. The highest BCUT2D eigenvalue weighted by Crippen LogP contribution is 2.30. The van der Waals surface area contributed by atoms with Crippen LogP contribution in [0.2, 0.25) is 0 Å². The molecule has 2 aromatic carbocycles. The van der Waals surface area contributed by atoms with E-state index >= 15 is 0 Å². The molecule has 2 rings (SSSR count). The molecule has 0 fully saturated rings. The van der Waals surface area contributed by atoms with Gasteiger partial charge in [-0.2, -0.15) is 13.2 Å². The van der Waals surface area contributed by atoms with Gasteiger partial charge in [-0.1, -0.05) is 0 Å². The fourth-order valence-corrected chi connectivity index (χ4v) is 1.66. The summed E-state index contributed by atoms with van der Waals surface area (Å²) < 4.78 is 77.2. The van der Waals surface area contributed by atoms with Crippen LogP contribution in [0.25, 0.3) is 0 Å². The quantitative estimate of drug-likeness (QED) is 0.818. The van der Waals surface area contributed by atoms with Gasteiger partial charge in [0.2, 0.25) is 0 Å². The average Bonchev–Trinajstić information content (AvgIpc) is 2.41.